The Morgan fingerprint density at radius 3 is 2.69 bits per heavy atom. The van der Waals surface area contributed by atoms with Crippen molar-refractivity contribution in [3.8, 4) is 5.75 Å². The zero-order valence-corrected chi connectivity index (χ0v) is 18.8. The fraction of sp³-hybridized carbons (Fsp3) is 0.217. The lowest BCUT2D eigenvalue weighted by Crippen LogP contribution is -2.32. The number of thiocarbonyl (C=S) groups is 1. The lowest BCUT2D eigenvalue weighted by molar-refractivity contribution is -0.137. The van der Waals surface area contributed by atoms with Crippen molar-refractivity contribution in [1.82, 2.24) is 10.2 Å². The zero-order valence-electron chi connectivity index (χ0n) is 17.2. The van der Waals surface area contributed by atoms with Crippen LogP contribution in [0.4, 0.5) is 0 Å². The molecule has 1 saturated heterocycles. The van der Waals surface area contributed by atoms with Gasteiger partial charge in [-0.3, -0.25) is 19.3 Å². The Morgan fingerprint density at radius 1 is 1.16 bits per heavy atom. The van der Waals surface area contributed by atoms with E-state index in [0.29, 0.717) is 34.5 Å². The number of nitrogens with one attached hydrogen (secondary N) is 1. The molecular formula is C23H22N2O5S2. The van der Waals surface area contributed by atoms with E-state index < -0.39 is 12.5 Å². The van der Waals surface area contributed by atoms with Crippen molar-refractivity contribution in [3.63, 3.8) is 0 Å². The molecule has 2 amide bonds. The third-order valence-electron chi connectivity index (χ3n) is 4.50. The quantitative estimate of drug-likeness (QED) is 0.406. The van der Waals surface area contributed by atoms with Gasteiger partial charge in [0, 0.05) is 13.0 Å². The Morgan fingerprint density at radius 2 is 1.94 bits per heavy atom. The van der Waals surface area contributed by atoms with Crippen LogP contribution in [0.15, 0.2) is 59.5 Å². The highest BCUT2D eigenvalue weighted by molar-refractivity contribution is 8.26. The van der Waals surface area contributed by atoms with Gasteiger partial charge in [0.2, 0.25) is 5.91 Å². The molecule has 1 aliphatic rings. The molecule has 0 bridgehead atoms. The van der Waals surface area contributed by atoms with Gasteiger partial charge in [0.25, 0.3) is 5.91 Å². The number of carboxylic acids is 1. The first-order valence-electron chi connectivity index (χ1n) is 9.93. The van der Waals surface area contributed by atoms with Gasteiger partial charge >= 0.3 is 5.97 Å². The number of hydrogen-bond acceptors (Lipinski definition) is 6. The molecule has 32 heavy (non-hydrogen) atoms. The number of hydrogen-bond donors (Lipinski definition) is 2. The van der Waals surface area contributed by atoms with Crippen molar-refractivity contribution in [2.24, 2.45) is 0 Å². The Kier molecular flexibility index (Phi) is 8.41. The van der Waals surface area contributed by atoms with Crippen LogP contribution < -0.4 is 10.1 Å². The molecule has 0 aliphatic carbocycles. The van der Waals surface area contributed by atoms with E-state index in [9.17, 15) is 14.4 Å². The molecule has 0 unspecified atom stereocenters. The van der Waals surface area contributed by atoms with Gasteiger partial charge in [0.15, 0.2) is 0 Å². The average molecular weight is 471 g/mol. The highest BCUT2D eigenvalue weighted by Gasteiger charge is 2.31. The Balaban J connectivity index is 1.56. The third-order valence-corrected chi connectivity index (χ3v) is 5.88. The highest BCUT2D eigenvalue weighted by Crippen LogP contribution is 2.33. The van der Waals surface area contributed by atoms with Crippen molar-refractivity contribution >= 4 is 52.2 Å². The normalized spacial score (nSPS) is 14.6. The zero-order chi connectivity index (χ0) is 22.9. The summed E-state index contributed by atoms with van der Waals surface area (Å²) in [5.74, 6) is -0.984. The lowest BCUT2D eigenvalue weighted by atomic mass is 10.2. The second-order valence-electron chi connectivity index (χ2n) is 6.95. The van der Waals surface area contributed by atoms with Gasteiger partial charge in [-0.2, -0.15) is 0 Å². The van der Waals surface area contributed by atoms with Crippen molar-refractivity contribution in [1.29, 1.82) is 0 Å². The van der Waals surface area contributed by atoms with E-state index >= 15 is 0 Å². The number of nitrogens with zero attached hydrogens (tertiary/aromatic N) is 1. The van der Waals surface area contributed by atoms with E-state index in [1.165, 1.54) is 16.7 Å². The number of carbonyl (C=O) groups excluding carboxylic acids is 2. The molecule has 0 atom stereocenters. The summed E-state index contributed by atoms with van der Waals surface area (Å²) < 4.78 is 6.28. The van der Waals surface area contributed by atoms with E-state index in [2.05, 4.69) is 5.32 Å². The molecular weight excluding hydrogens is 448 g/mol. The third kappa shape index (κ3) is 6.93. The van der Waals surface area contributed by atoms with Gasteiger partial charge in [0.1, 0.15) is 23.2 Å². The fourth-order valence-corrected chi connectivity index (χ4v) is 4.25. The maximum Gasteiger partial charge on any atom is 0.322 e. The minimum atomic E-state index is -1.10. The highest BCUT2D eigenvalue weighted by atomic mass is 32.2. The van der Waals surface area contributed by atoms with E-state index in [0.717, 1.165) is 11.1 Å². The molecule has 1 aliphatic heterocycles. The van der Waals surface area contributed by atoms with Crippen molar-refractivity contribution in [2.45, 2.75) is 19.4 Å². The second-order valence-corrected chi connectivity index (χ2v) is 8.63. The van der Waals surface area contributed by atoms with E-state index in [-0.39, 0.29) is 18.2 Å². The number of amides is 2. The summed E-state index contributed by atoms with van der Waals surface area (Å²) in [4.78, 5) is 36.8. The smallest absolute Gasteiger partial charge is 0.322 e. The monoisotopic (exact) mass is 470 g/mol. The summed E-state index contributed by atoms with van der Waals surface area (Å²) in [6.07, 6.45) is 2.27. The number of benzene rings is 2. The molecule has 1 fully saturated rings. The topological polar surface area (TPSA) is 95.9 Å². The molecule has 0 aromatic heterocycles. The number of carbonyl (C=O) groups is 3. The van der Waals surface area contributed by atoms with Gasteiger partial charge in [-0.25, -0.2) is 0 Å². The van der Waals surface area contributed by atoms with Crippen LogP contribution in [0.3, 0.4) is 0 Å². The van der Waals surface area contributed by atoms with Gasteiger partial charge < -0.3 is 15.2 Å². The predicted octanol–water partition coefficient (Wildman–Crippen LogP) is 3.45. The van der Waals surface area contributed by atoms with E-state index in [1.54, 1.807) is 6.08 Å². The van der Waals surface area contributed by atoms with Crippen molar-refractivity contribution < 1.29 is 24.2 Å². The maximum atomic E-state index is 12.7. The number of rotatable bonds is 10. The summed E-state index contributed by atoms with van der Waals surface area (Å²) in [7, 11) is 0. The Hall–Kier alpha value is -3.17. The van der Waals surface area contributed by atoms with Crippen LogP contribution in [-0.2, 0) is 21.0 Å². The van der Waals surface area contributed by atoms with Crippen LogP contribution in [0.1, 0.15) is 24.0 Å². The summed E-state index contributed by atoms with van der Waals surface area (Å²) in [5, 5.41) is 10.9. The van der Waals surface area contributed by atoms with Crippen LogP contribution in [0.5, 0.6) is 5.75 Å². The van der Waals surface area contributed by atoms with Crippen LogP contribution in [0, 0.1) is 0 Å². The molecule has 2 aromatic rings. The molecule has 0 radical (unpaired) electrons. The minimum Gasteiger partial charge on any atom is -0.489 e. The number of ether oxygens (including phenoxy) is 1. The van der Waals surface area contributed by atoms with Crippen molar-refractivity contribution in [2.75, 3.05) is 13.1 Å². The van der Waals surface area contributed by atoms with Crippen LogP contribution in [0.2, 0.25) is 0 Å². The maximum absolute atomic E-state index is 12.7. The number of thioether (sulfide) groups is 1. The van der Waals surface area contributed by atoms with E-state index in [1.807, 2.05) is 54.6 Å². The Bertz CT molecular complexity index is 1040. The molecule has 2 aromatic carbocycles. The summed E-state index contributed by atoms with van der Waals surface area (Å²) in [6.45, 7) is 0.325. The molecule has 0 saturated carbocycles. The van der Waals surface area contributed by atoms with Gasteiger partial charge in [-0.05, 0) is 35.8 Å². The summed E-state index contributed by atoms with van der Waals surface area (Å²) in [5.41, 5.74) is 1.89. The second kappa shape index (κ2) is 11.4. The average Bonchev–Trinajstić information content (AvgIpc) is 3.04. The first kappa shape index (κ1) is 23.5. The lowest BCUT2D eigenvalue weighted by Gasteiger charge is -2.13. The number of carboxylic acid groups (broad SMARTS) is 1. The Labute approximate surface area is 195 Å². The molecule has 9 heteroatoms. The molecule has 7 nitrogen and oxygen atoms in total. The van der Waals surface area contributed by atoms with Gasteiger partial charge in [0.05, 0.1) is 4.91 Å². The molecule has 1 heterocycles. The summed E-state index contributed by atoms with van der Waals surface area (Å²) in [6, 6.07) is 17.3. The van der Waals surface area contributed by atoms with Crippen LogP contribution in [-0.4, -0.2) is 45.2 Å². The molecule has 2 N–H and O–H groups in total. The van der Waals surface area contributed by atoms with Crippen LogP contribution in [0.25, 0.3) is 6.08 Å². The summed E-state index contributed by atoms with van der Waals surface area (Å²) >= 11 is 6.54. The van der Waals surface area contributed by atoms with Crippen LogP contribution >= 0.6 is 24.0 Å². The first-order chi connectivity index (χ1) is 15.4. The first-order valence-corrected chi connectivity index (χ1v) is 11.2. The molecule has 166 valence electrons. The molecule has 3 rings (SSSR count). The van der Waals surface area contributed by atoms with Gasteiger partial charge in [-0.1, -0.05) is 66.4 Å². The fourth-order valence-electron chi connectivity index (χ4n) is 2.94. The minimum absolute atomic E-state index is 0.115. The standard InChI is InChI=1S/C23H22N2O5S2/c26-20(24-14-21(27)28)10-5-11-25-22(29)19(32-23(25)31)13-17-8-4-9-18(12-17)30-15-16-6-2-1-3-7-16/h1-4,6-9,12-13H,5,10-11,14-15H2,(H,24,26)(H,27,28)/b19-13-. The van der Waals surface area contributed by atoms with Gasteiger partial charge in [-0.15, -0.1) is 0 Å². The number of aliphatic carboxylic acids is 1. The molecule has 0 spiro atoms. The van der Waals surface area contributed by atoms with Crippen molar-refractivity contribution in [3.05, 3.63) is 70.6 Å². The SMILES string of the molecule is O=C(O)CNC(=O)CCCN1C(=O)/C(=C/c2cccc(OCc3ccccc3)c2)SC1=S. The largest absolute Gasteiger partial charge is 0.489 e. The predicted molar refractivity (Wildman–Crippen MR) is 127 cm³/mol. The van der Waals surface area contributed by atoms with E-state index in [4.69, 9.17) is 22.1 Å².